The lowest BCUT2D eigenvalue weighted by Crippen LogP contribution is -2.16. The molecule has 2 aromatic rings. The highest BCUT2D eigenvalue weighted by Crippen LogP contribution is 2.36. The molecule has 0 bridgehead atoms. The van der Waals surface area contributed by atoms with E-state index in [0.29, 0.717) is 5.56 Å². The van der Waals surface area contributed by atoms with Crippen molar-refractivity contribution in [2.24, 2.45) is 0 Å². The molecule has 0 fully saturated rings. The highest BCUT2D eigenvalue weighted by molar-refractivity contribution is 5.37. The van der Waals surface area contributed by atoms with Crippen LogP contribution in [0.1, 0.15) is 16.7 Å². The summed E-state index contributed by atoms with van der Waals surface area (Å²) < 4.78 is 28.3. The van der Waals surface area contributed by atoms with E-state index in [9.17, 15) is 8.78 Å². The van der Waals surface area contributed by atoms with E-state index in [-0.39, 0.29) is 11.1 Å². The number of alkyl halides is 2. The molecular weight excluding hydrogens is 206 g/mol. The van der Waals surface area contributed by atoms with Crippen molar-refractivity contribution in [1.29, 1.82) is 0 Å². The summed E-state index contributed by atoms with van der Waals surface area (Å²) >= 11 is 0. The molecule has 0 atom stereocenters. The van der Waals surface area contributed by atoms with Crippen LogP contribution in [-0.2, 0) is 5.92 Å². The number of hydrogen-bond acceptors (Lipinski definition) is 0. The molecule has 0 amide bonds. The first-order chi connectivity index (χ1) is 7.62. The zero-order valence-electron chi connectivity index (χ0n) is 8.95. The minimum Gasteiger partial charge on any atom is -0.196 e. The lowest BCUT2D eigenvalue weighted by atomic mass is 9.97. The van der Waals surface area contributed by atoms with Crippen molar-refractivity contribution in [3.05, 3.63) is 71.3 Å². The van der Waals surface area contributed by atoms with Gasteiger partial charge in [0, 0.05) is 11.1 Å². The van der Waals surface area contributed by atoms with E-state index in [4.69, 9.17) is 0 Å². The molecule has 0 saturated carbocycles. The monoisotopic (exact) mass is 218 g/mol. The zero-order chi connectivity index (χ0) is 11.6. The average Bonchev–Trinajstić information content (AvgIpc) is 2.30. The predicted octanol–water partition coefficient (Wildman–Crippen LogP) is 4.14. The fourth-order valence-electron chi connectivity index (χ4n) is 1.73. The summed E-state index contributed by atoms with van der Waals surface area (Å²) in [4.78, 5) is 0. The minimum absolute atomic E-state index is 0.0318. The van der Waals surface area contributed by atoms with Gasteiger partial charge >= 0.3 is 0 Å². The number of benzene rings is 2. The summed E-state index contributed by atoms with van der Waals surface area (Å²) in [6, 6.07) is 14.5. The van der Waals surface area contributed by atoms with Gasteiger partial charge in [-0.3, -0.25) is 0 Å². The fourth-order valence-corrected chi connectivity index (χ4v) is 1.73. The molecular formula is C14H12F2. The van der Waals surface area contributed by atoms with Gasteiger partial charge in [0.05, 0.1) is 0 Å². The second kappa shape index (κ2) is 4.05. The van der Waals surface area contributed by atoms with Crippen molar-refractivity contribution in [3.8, 4) is 0 Å². The highest BCUT2D eigenvalue weighted by atomic mass is 19.3. The molecule has 82 valence electrons. The maximum absolute atomic E-state index is 14.1. The zero-order valence-corrected chi connectivity index (χ0v) is 8.95. The molecule has 0 unspecified atom stereocenters. The molecule has 2 heteroatoms. The first-order valence-electron chi connectivity index (χ1n) is 5.12. The molecule has 2 aromatic carbocycles. The summed E-state index contributed by atoms with van der Waals surface area (Å²) in [6.07, 6.45) is 0. The predicted molar refractivity (Wildman–Crippen MR) is 60.6 cm³/mol. The van der Waals surface area contributed by atoms with E-state index >= 15 is 0 Å². The molecule has 0 heterocycles. The van der Waals surface area contributed by atoms with Crippen LogP contribution in [0.15, 0.2) is 54.6 Å². The maximum atomic E-state index is 14.1. The van der Waals surface area contributed by atoms with Gasteiger partial charge in [-0.2, -0.15) is 8.78 Å². The van der Waals surface area contributed by atoms with Gasteiger partial charge in [-0.05, 0) is 12.5 Å². The Bertz CT molecular complexity index is 475. The smallest absolute Gasteiger partial charge is 0.196 e. The second-order valence-corrected chi connectivity index (χ2v) is 3.76. The van der Waals surface area contributed by atoms with E-state index in [2.05, 4.69) is 0 Å². The van der Waals surface area contributed by atoms with E-state index in [0.717, 1.165) is 0 Å². The van der Waals surface area contributed by atoms with Crippen molar-refractivity contribution >= 4 is 0 Å². The summed E-state index contributed by atoms with van der Waals surface area (Å²) in [6.45, 7) is 1.70. The largest absolute Gasteiger partial charge is 0.298 e. The van der Waals surface area contributed by atoms with Crippen LogP contribution < -0.4 is 0 Å². The Kier molecular flexibility index (Phi) is 2.73. The second-order valence-electron chi connectivity index (χ2n) is 3.76. The van der Waals surface area contributed by atoms with E-state index in [1.807, 2.05) is 0 Å². The van der Waals surface area contributed by atoms with Crippen molar-refractivity contribution < 1.29 is 8.78 Å². The van der Waals surface area contributed by atoms with Gasteiger partial charge in [0.1, 0.15) is 0 Å². The quantitative estimate of drug-likeness (QED) is 0.710. The van der Waals surface area contributed by atoms with E-state index in [1.165, 1.54) is 18.2 Å². The van der Waals surface area contributed by atoms with Crippen LogP contribution in [0.2, 0.25) is 0 Å². The Balaban J connectivity index is 2.51. The van der Waals surface area contributed by atoms with Gasteiger partial charge in [0.15, 0.2) is 0 Å². The molecule has 0 spiro atoms. The van der Waals surface area contributed by atoms with Crippen LogP contribution in [0.3, 0.4) is 0 Å². The van der Waals surface area contributed by atoms with Crippen molar-refractivity contribution in [3.63, 3.8) is 0 Å². The summed E-state index contributed by atoms with van der Waals surface area (Å²) in [7, 11) is 0. The minimum atomic E-state index is -2.92. The number of aryl methyl sites for hydroxylation is 1. The normalized spacial score (nSPS) is 11.4. The van der Waals surface area contributed by atoms with Crippen molar-refractivity contribution in [1.82, 2.24) is 0 Å². The first kappa shape index (κ1) is 10.8. The van der Waals surface area contributed by atoms with Gasteiger partial charge in [-0.1, -0.05) is 54.6 Å². The molecule has 2 rings (SSSR count). The summed E-state index contributed by atoms with van der Waals surface area (Å²) in [5, 5.41) is 0. The van der Waals surface area contributed by atoms with E-state index < -0.39 is 5.92 Å². The van der Waals surface area contributed by atoms with Crippen molar-refractivity contribution in [2.75, 3.05) is 0 Å². The Morgan fingerprint density at radius 2 is 1.38 bits per heavy atom. The molecule has 0 aliphatic heterocycles. The third-order valence-electron chi connectivity index (χ3n) is 2.62. The van der Waals surface area contributed by atoms with Crippen LogP contribution in [0.5, 0.6) is 0 Å². The number of rotatable bonds is 2. The van der Waals surface area contributed by atoms with Gasteiger partial charge in [0.25, 0.3) is 5.92 Å². The lowest BCUT2D eigenvalue weighted by molar-refractivity contribution is 0.0422. The Morgan fingerprint density at radius 1 is 0.812 bits per heavy atom. The van der Waals surface area contributed by atoms with E-state index in [1.54, 1.807) is 43.3 Å². The number of hydrogen-bond donors (Lipinski definition) is 0. The molecule has 0 nitrogen and oxygen atoms in total. The van der Waals surface area contributed by atoms with Gasteiger partial charge < -0.3 is 0 Å². The van der Waals surface area contributed by atoms with Crippen LogP contribution >= 0.6 is 0 Å². The van der Waals surface area contributed by atoms with Gasteiger partial charge in [-0.25, -0.2) is 0 Å². The molecule has 0 aliphatic carbocycles. The summed E-state index contributed by atoms with van der Waals surface area (Å²) in [5.74, 6) is -2.92. The Hall–Kier alpha value is -1.70. The SMILES string of the molecule is Cc1ccccc1C(F)(F)c1ccccc1. The molecule has 0 radical (unpaired) electrons. The third-order valence-corrected chi connectivity index (χ3v) is 2.62. The topological polar surface area (TPSA) is 0 Å². The van der Waals surface area contributed by atoms with Gasteiger partial charge in [0.2, 0.25) is 0 Å². The average molecular weight is 218 g/mol. The van der Waals surface area contributed by atoms with Crippen LogP contribution in [0.4, 0.5) is 8.78 Å². The summed E-state index contributed by atoms with van der Waals surface area (Å²) in [5.41, 5.74) is 0.710. The molecule has 0 saturated heterocycles. The lowest BCUT2D eigenvalue weighted by Gasteiger charge is -2.19. The molecule has 0 aliphatic rings. The molecule has 16 heavy (non-hydrogen) atoms. The van der Waals surface area contributed by atoms with Gasteiger partial charge in [-0.15, -0.1) is 0 Å². The fraction of sp³-hybridized carbons (Fsp3) is 0.143. The van der Waals surface area contributed by atoms with Crippen LogP contribution in [-0.4, -0.2) is 0 Å². The van der Waals surface area contributed by atoms with Crippen LogP contribution in [0, 0.1) is 6.92 Å². The maximum Gasteiger partial charge on any atom is 0.298 e. The van der Waals surface area contributed by atoms with Crippen molar-refractivity contribution in [2.45, 2.75) is 12.8 Å². The van der Waals surface area contributed by atoms with Crippen LogP contribution in [0.25, 0.3) is 0 Å². The molecule has 0 aromatic heterocycles. The standard InChI is InChI=1S/C14H12F2/c1-11-7-5-6-10-13(11)14(15,16)12-8-3-2-4-9-12/h2-10H,1H3. The third kappa shape index (κ3) is 1.83. The Morgan fingerprint density at radius 3 is 2.00 bits per heavy atom. The first-order valence-corrected chi connectivity index (χ1v) is 5.12. The Labute approximate surface area is 93.5 Å². The molecule has 0 N–H and O–H groups in total. The highest BCUT2D eigenvalue weighted by Gasteiger charge is 2.34. The number of halogens is 2.